The van der Waals surface area contributed by atoms with Gasteiger partial charge in [0.25, 0.3) is 11.7 Å². The molecule has 4 N–H and O–H groups in total. The Labute approximate surface area is 316 Å². The van der Waals surface area contributed by atoms with Crippen LogP contribution in [-0.4, -0.2) is 72.5 Å². The number of methoxy groups -OCH3 is 1. The van der Waals surface area contributed by atoms with Crippen molar-refractivity contribution in [3.63, 3.8) is 0 Å². The molecule has 3 aromatic rings. The number of likely N-dealkylation sites (tertiary alicyclic amines) is 1. The average Bonchev–Trinajstić information content (AvgIpc) is 3.64. The van der Waals surface area contributed by atoms with Crippen LogP contribution in [0, 0.1) is 5.92 Å². The van der Waals surface area contributed by atoms with Crippen molar-refractivity contribution in [1.29, 1.82) is 0 Å². The Morgan fingerprint density at radius 2 is 1.57 bits per heavy atom. The monoisotopic (exact) mass is 778 g/mol. The predicted molar refractivity (Wildman–Crippen MR) is 194 cm³/mol. The van der Waals surface area contributed by atoms with Crippen molar-refractivity contribution in [2.24, 2.45) is 11.7 Å². The molecule has 2 unspecified atom stereocenters. The van der Waals surface area contributed by atoms with Crippen LogP contribution >= 0.6 is 24.2 Å². The fourth-order valence-electron chi connectivity index (χ4n) is 5.31. The molecule has 53 heavy (non-hydrogen) atoms. The SMILES string of the molecule is CC(C)C(NC(=O)C1CCCN1C(=O)[C@H](Cc1ccc(CN)cc1)NC(=O)c1cccc(Cl)c1)C(=O)C(F)(F)F.COc1ccc(CS)cc1.O=C=O. The largest absolute Gasteiger partial charge is 0.497 e. The summed E-state index contributed by atoms with van der Waals surface area (Å²) in [4.78, 5) is 69.3. The van der Waals surface area contributed by atoms with Crippen LogP contribution in [0.15, 0.2) is 72.8 Å². The molecule has 3 amide bonds. The minimum absolute atomic E-state index is 0.0853. The van der Waals surface area contributed by atoms with Crippen LogP contribution in [0.25, 0.3) is 0 Å². The number of carbonyl (C=O) groups is 4. The molecule has 1 saturated heterocycles. The Hall–Kier alpha value is -4.69. The molecule has 0 saturated carbocycles. The molecule has 1 heterocycles. The Morgan fingerprint density at radius 3 is 2.08 bits per heavy atom. The molecule has 3 aromatic carbocycles. The number of halogens is 4. The zero-order valence-corrected chi connectivity index (χ0v) is 31.0. The summed E-state index contributed by atoms with van der Waals surface area (Å²) >= 11 is 10.1. The van der Waals surface area contributed by atoms with E-state index >= 15 is 0 Å². The Kier molecular flexibility index (Phi) is 18.2. The molecular weight excluding hydrogens is 737 g/mol. The lowest BCUT2D eigenvalue weighted by Gasteiger charge is -2.30. The molecule has 0 aliphatic carbocycles. The number of carbonyl (C=O) groups excluding carboxylic acids is 6. The summed E-state index contributed by atoms with van der Waals surface area (Å²) in [6.07, 6.45) is -4.17. The summed E-state index contributed by atoms with van der Waals surface area (Å²) in [6, 6.07) is 17.2. The van der Waals surface area contributed by atoms with Crippen molar-refractivity contribution in [3.05, 3.63) is 100 Å². The number of rotatable bonds is 12. The van der Waals surface area contributed by atoms with E-state index in [1.54, 1.807) is 43.5 Å². The summed E-state index contributed by atoms with van der Waals surface area (Å²) in [5, 5.41) is 5.26. The molecule has 16 heteroatoms. The highest BCUT2D eigenvalue weighted by Crippen LogP contribution is 2.24. The first kappa shape index (κ1) is 44.5. The number of nitrogens with two attached hydrogens (primary N) is 1. The van der Waals surface area contributed by atoms with E-state index in [9.17, 15) is 32.3 Å². The summed E-state index contributed by atoms with van der Waals surface area (Å²) in [7, 11) is 1.66. The molecule has 0 spiro atoms. The maximum absolute atomic E-state index is 13.8. The van der Waals surface area contributed by atoms with E-state index in [0.717, 1.165) is 22.6 Å². The number of benzene rings is 3. The highest BCUT2D eigenvalue weighted by Gasteiger charge is 2.46. The minimum Gasteiger partial charge on any atom is -0.497 e. The van der Waals surface area contributed by atoms with Gasteiger partial charge in [0.1, 0.15) is 17.8 Å². The lowest BCUT2D eigenvalue weighted by atomic mass is 9.98. The molecule has 286 valence electrons. The molecule has 11 nitrogen and oxygen atoms in total. The van der Waals surface area contributed by atoms with Gasteiger partial charge in [0.2, 0.25) is 11.8 Å². The lowest BCUT2D eigenvalue weighted by Crippen LogP contribution is -2.57. The molecule has 4 rings (SSSR count). The van der Waals surface area contributed by atoms with Crippen LogP contribution in [0.4, 0.5) is 13.2 Å². The van der Waals surface area contributed by atoms with Crippen LogP contribution < -0.4 is 21.1 Å². The number of ether oxygens (including phenoxy) is 1. The Balaban J connectivity index is 0.000000631. The number of alkyl halides is 3. The van der Waals surface area contributed by atoms with E-state index in [2.05, 4.69) is 23.3 Å². The zero-order valence-electron chi connectivity index (χ0n) is 29.3. The number of nitrogens with one attached hydrogen (secondary N) is 2. The number of nitrogens with zero attached hydrogens (tertiary/aromatic N) is 1. The van der Waals surface area contributed by atoms with E-state index in [1.165, 1.54) is 36.4 Å². The van der Waals surface area contributed by atoms with Crippen LogP contribution in [0.2, 0.25) is 5.02 Å². The third kappa shape index (κ3) is 14.0. The molecule has 3 atom stereocenters. The first-order valence-electron chi connectivity index (χ1n) is 16.4. The molecule has 0 bridgehead atoms. The third-order valence-corrected chi connectivity index (χ3v) is 8.70. The van der Waals surface area contributed by atoms with Crippen molar-refractivity contribution < 1.29 is 46.7 Å². The van der Waals surface area contributed by atoms with Gasteiger partial charge < -0.3 is 26.0 Å². The van der Waals surface area contributed by atoms with Gasteiger partial charge in [-0.3, -0.25) is 19.2 Å². The van der Waals surface area contributed by atoms with Crippen LogP contribution in [-0.2, 0) is 42.7 Å². The second-order valence-corrected chi connectivity index (χ2v) is 12.9. The molecule has 0 aromatic heterocycles. The van der Waals surface area contributed by atoms with Gasteiger partial charge in [0.15, 0.2) is 0 Å². The van der Waals surface area contributed by atoms with Crippen molar-refractivity contribution in [3.8, 4) is 5.75 Å². The Morgan fingerprint density at radius 1 is 0.981 bits per heavy atom. The number of Topliss-reactive ketones (excluding diaryl/α,β-unsaturated/α-hetero) is 1. The van der Waals surface area contributed by atoms with Gasteiger partial charge in [-0.05, 0) is 65.8 Å². The summed E-state index contributed by atoms with van der Waals surface area (Å²) < 4.78 is 44.3. The van der Waals surface area contributed by atoms with Crippen LogP contribution in [0.3, 0.4) is 0 Å². The van der Waals surface area contributed by atoms with E-state index in [1.807, 2.05) is 24.3 Å². The van der Waals surface area contributed by atoms with Crippen molar-refractivity contribution >= 4 is 53.9 Å². The van der Waals surface area contributed by atoms with Gasteiger partial charge in [0, 0.05) is 35.8 Å². The zero-order chi connectivity index (χ0) is 39.7. The summed E-state index contributed by atoms with van der Waals surface area (Å²) in [5.41, 5.74) is 8.70. The second-order valence-electron chi connectivity index (χ2n) is 12.1. The average molecular weight is 779 g/mol. The normalized spacial score (nSPS) is 14.7. The maximum atomic E-state index is 13.8. The van der Waals surface area contributed by atoms with E-state index in [4.69, 9.17) is 31.7 Å². The van der Waals surface area contributed by atoms with Crippen LogP contribution in [0.1, 0.15) is 53.7 Å². The minimum atomic E-state index is -5.12. The number of amides is 3. The van der Waals surface area contributed by atoms with Crippen LogP contribution in [0.5, 0.6) is 5.75 Å². The number of hydrogen-bond donors (Lipinski definition) is 4. The van der Waals surface area contributed by atoms with Crippen molar-refractivity contribution in [2.75, 3.05) is 13.7 Å². The Bertz CT molecular complexity index is 1680. The van der Waals surface area contributed by atoms with Gasteiger partial charge >= 0.3 is 12.3 Å². The fourth-order valence-corrected chi connectivity index (χ4v) is 5.71. The number of thiol groups is 1. The van der Waals surface area contributed by atoms with Gasteiger partial charge in [-0.25, -0.2) is 0 Å². The van der Waals surface area contributed by atoms with E-state index in [0.29, 0.717) is 18.0 Å². The standard InChI is InChI=1S/C28H32ClF3N4O4.C8H10OS.CO2/c1-16(2)23(24(37)28(30,31)32)35-26(39)22-7-4-12-36(22)27(40)21(13-17-8-10-18(15-33)11-9-17)34-25(38)19-5-3-6-20(29)14-19;1-9-8-4-2-7(6-10)3-5-8;2-1-3/h3,5-6,8-11,14,16,21-23H,4,7,12-13,15,33H2,1-2H3,(H,34,38)(H,35,39);2-5,10H,6H2,1H3;/t21-,22?,23?;;/m0../s1. The molecule has 1 aliphatic rings. The van der Waals surface area contributed by atoms with E-state index in [-0.39, 0.29) is 31.1 Å². The molecule has 1 aliphatic heterocycles. The lowest BCUT2D eigenvalue weighted by molar-refractivity contribution is -0.191. The third-order valence-electron chi connectivity index (χ3n) is 8.10. The van der Waals surface area contributed by atoms with Gasteiger partial charge in [-0.15, -0.1) is 0 Å². The fraction of sp³-hybridized carbons (Fsp3) is 0.378. The second kappa shape index (κ2) is 21.7. The topological polar surface area (TPSA) is 165 Å². The van der Waals surface area contributed by atoms with Gasteiger partial charge in [0.05, 0.1) is 13.2 Å². The first-order chi connectivity index (χ1) is 25.1. The predicted octanol–water partition coefficient (Wildman–Crippen LogP) is 4.94. The quantitative estimate of drug-likeness (QED) is 0.188. The first-order valence-corrected chi connectivity index (χ1v) is 17.4. The maximum Gasteiger partial charge on any atom is 0.452 e. The summed E-state index contributed by atoms with van der Waals surface area (Å²) in [5.74, 6) is -3.19. The van der Waals surface area contributed by atoms with E-state index < -0.39 is 53.7 Å². The van der Waals surface area contributed by atoms with Crippen molar-refractivity contribution in [2.45, 2.75) is 69.7 Å². The number of hydrogen-bond acceptors (Lipinski definition) is 9. The number of ketones is 1. The smallest absolute Gasteiger partial charge is 0.452 e. The molecule has 0 radical (unpaired) electrons. The molecule has 1 fully saturated rings. The van der Waals surface area contributed by atoms with Crippen molar-refractivity contribution in [1.82, 2.24) is 15.5 Å². The summed E-state index contributed by atoms with van der Waals surface area (Å²) in [6.45, 7) is 3.27. The highest BCUT2D eigenvalue weighted by atomic mass is 35.5. The molecular formula is C37H42ClF3N4O7S. The van der Waals surface area contributed by atoms with Gasteiger partial charge in [-0.2, -0.15) is 35.4 Å². The van der Waals surface area contributed by atoms with Gasteiger partial charge in [-0.1, -0.05) is 67.9 Å². The highest BCUT2D eigenvalue weighted by molar-refractivity contribution is 7.79.